The van der Waals surface area contributed by atoms with Gasteiger partial charge in [0, 0.05) is 31.3 Å². The second-order valence-electron chi connectivity index (χ2n) is 6.67. The molecule has 0 aliphatic carbocycles. The lowest BCUT2D eigenvalue weighted by atomic mass is 10.0. The maximum Gasteiger partial charge on any atom is 0.243 e. The summed E-state index contributed by atoms with van der Waals surface area (Å²) in [6, 6.07) is 12.4. The van der Waals surface area contributed by atoms with Gasteiger partial charge < -0.3 is 4.74 Å². The average molecular weight is 385 g/mol. The molecular weight excluding hydrogens is 362 g/mol. The summed E-state index contributed by atoms with van der Waals surface area (Å²) in [5.74, 6) is 0.486. The van der Waals surface area contributed by atoms with E-state index in [2.05, 4.69) is 11.1 Å². The molecule has 0 amide bonds. The molecule has 0 radical (unpaired) electrons. The van der Waals surface area contributed by atoms with Crippen LogP contribution in [0.25, 0.3) is 0 Å². The predicted molar refractivity (Wildman–Crippen MR) is 102 cm³/mol. The molecule has 0 bridgehead atoms. The van der Waals surface area contributed by atoms with Crippen LogP contribution in [0.15, 0.2) is 47.5 Å². The first kappa shape index (κ1) is 19.3. The zero-order valence-corrected chi connectivity index (χ0v) is 16.2. The van der Waals surface area contributed by atoms with Crippen LogP contribution in [0.1, 0.15) is 30.9 Å². The average Bonchev–Trinajstić information content (AvgIpc) is 2.72. The van der Waals surface area contributed by atoms with Gasteiger partial charge in [0.25, 0.3) is 0 Å². The van der Waals surface area contributed by atoms with Gasteiger partial charge in [-0.25, -0.2) is 13.4 Å². The van der Waals surface area contributed by atoms with E-state index in [1.54, 1.807) is 28.6 Å². The third kappa shape index (κ3) is 4.65. The number of hydrogen-bond acceptors (Lipinski definition) is 5. The molecule has 1 unspecified atom stereocenters. The zero-order valence-electron chi connectivity index (χ0n) is 15.3. The Kier molecular flexibility index (Phi) is 6.09. The number of ether oxygens (including phenoxy) is 1. The Morgan fingerprint density at radius 3 is 2.78 bits per heavy atom. The number of nitriles is 1. The van der Waals surface area contributed by atoms with Gasteiger partial charge in [0.1, 0.15) is 0 Å². The Hall–Kier alpha value is -2.43. The summed E-state index contributed by atoms with van der Waals surface area (Å²) in [7, 11) is -3.49. The van der Waals surface area contributed by atoms with Gasteiger partial charge in [0.15, 0.2) is 0 Å². The fourth-order valence-electron chi connectivity index (χ4n) is 3.19. The van der Waals surface area contributed by atoms with Crippen LogP contribution < -0.4 is 4.74 Å². The van der Waals surface area contributed by atoms with Crippen molar-refractivity contribution in [2.45, 2.75) is 31.1 Å². The number of hydrogen-bond donors (Lipinski definition) is 0. The third-order valence-electron chi connectivity index (χ3n) is 4.78. The maximum atomic E-state index is 12.9. The van der Waals surface area contributed by atoms with Gasteiger partial charge in [-0.3, -0.25) is 0 Å². The molecule has 0 spiro atoms. The summed E-state index contributed by atoms with van der Waals surface area (Å²) in [5.41, 5.74) is 1.61. The summed E-state index contributed by atoms with van der Waals surface area (Å²) in [5, 5.41) is 8.94. The highest BCUT2D eigenvalue weighted by Crippen LogP contribution is 2.24. The van der Waals surface area contributed by atoms with Crippen molar-refractivity contribution in [3.8, 4) is 11.9 Å². The summed E-state index contributed by atoms with van der Waals surface area (Å²) in [6.45, 7) is 3.37. The Balaban J connectivity index is 1.65. The quantitative estimate of drug-likeness (QED) is 0.763. The molecule has 1 aromatic carbocycles. The molecule has 27 heavy (non-hydrogen) atoms. The predicted octanol–water partition coefficient (Wildman–Crippen LogP) is 3.00. The van der Waals surface area contributed by atoms with Crippen molar-refractivity contribution in [3.63, 3.8) is 0 Å². The SMILES string of the molecule is CCc1ccc(S(=O)(=O)N2CCCC(COc3cc(C#N)ccn3)C2)cc1. The molecule has 142 valence electrons. The van der Waals surface area contributed by atoms with Gasteiger partial charge in [0.2, 0.25) is 15.9 Å². The molecule has 1 aliphatic rings. The van der Waals surface area contributed by atoms with Gasteiger partial charge in [0.05, 0.1) is 23.1 Å². The molecule has 0 saturated carbocycles. The summed E-state index contributed by atoms with van der Waals surface area (Å²) in [4.78, 5) is 4.44. The minimum atomic E-state index is -3.49. The van der Waals surface area contributed by atoms with Gasteiger partial charge in [-0.1, -0.05) is 19.1 Å². The van der Waals surface area contributed by atoms with E-state index in [0.717, 1.165) is 24.8 Å². The lowest BCUT2D eigenvalue weighted by molar-refractivity contribution is 0.176. The molecule has 1 saturated heterocycles. The van der Waals surface area contributed by atoms with Crippen LogP contribution in [0.3, 0.4) is 0 Å². The van der Waals surface area contributed by atoms with Crippen LogP contribution in [-0.2, 0) is 16.4 Å². The van der Waals surface area contributed by atoms with Gasteiger partial charge >= 0.3 is 0 Å². The van der Waals surface area contributed by atoms with E-state index in [1.165, 1.54) is 6.20 Å². The van der Waals surface area contributed by atoms with Gasteiger partial charge in [-0.05, 0) is 43.0 Å². The lowest BCUT2D eigenvalue weighted by Gasteiger charge is -2.31. The number of rotatable bonds is 6. The van der Waals surface area contributed by atoms with Crippen LogP contribution in [0, 0.1) is 17.2 Å². The molecule has 1 aromatic heterocycles. The van der Waals surface area contributed by atoms with Gasteiger partial charge in [-0.2, -0.15) is 9.57 Å². The fraction of sp³-hybridized carbons (Fsp3) is 0.400. The van der Waals surface area contributed by atoms with E-state index in [0.29, 0.717) is 36.0 Å². The topological polar surface area (TPSA) is 83.3 Å². The zero-order chi connectivity index (χ0) is 19.3. The maximum absolute atomic E-state index is 12.9. The molecule has 1 fully saturated rings. The van der Waals surface area contributed by atoms with E-state index >= 15 is 0 Å². The van der Waals surface area contributed by atoms with Crippen molar-refractivity contribution >= 4 is 10.0 Å². The highest BCUT2D eigenvalue weighted by molar-refractivity contribution is 7.89. The van der Waals surface area contributed by atoms with Crippen LogP contribution >= 0.6 is 0 Å². The Labute approximate surface area is 160 Å². The van der Waals surface area contributed by atoms with Crippen molar-refractivity contribution in [2.24, 2.45) is 5.92 Å². The standard InChI is InChI=1S/C20H23N3O3S/c1-2-16-5-7-19(8-6-16)27(24,25)23-11-3-4-18(14-23)15-26-20-12-17(13-21)9-10-22-20/h5-10,12,18H,2-4,11,14-15H2,1H3. The smallest absolute Gasteiger partial charge is 0.243 e. The third-order valence-corrected chi connectivity index (χ3v) is 6.66. The summed E-state index contributed by atoms with van der Waals surface area (Å²) >= 11 is 0. The normalized spacial score (nSPS) is 18.0. The van der Waals surface area contributed by atoms with E-state index in [-0.39, 0.29) is 5.92 Å². The van der Waals surface area contributed by atoms with Crippen LogP contribution in [0.5, 0.6) is 5.88 Å². The summed E-state index contributed by atoms with van der Waals surface area (Å²) < 4.78 is 33.1. The fourth-order valence-corrected chi connectivity index (χ4v) is 4.74. The molecule has 1 aliphatic heterocycles. The highest BCUT2D eigenvalue weighted by atomic mass is 32.2. The molecule has 0 N–H and O–H groups in total. The van der Waals surface area contributed by atoms with E-state index < -0.39 is 10.0 Å². The van der Waals surface area contributed by atoms with E-state index in [4.69, 9.17) is 10.00 Å². The first-order valence-electron chi connectivity index (χ1n) is 9.11. The Morgan fingerprint density at radius 2 is 2.07 bits per heavy atom. The highest BCUT2D eigenvalue weighted by Gasteiger charge is 2.30. The van der Waals surface area contributed by atoms with Crippen molar-refractivity contribution in [3.05, 3.63) is 53.7 Å². The van der Waals surface area contributed by atoms with Crippen molar-refractivity contribution < 1.29 is 13.2 Å². The molecule has 7 heteroatoms. The lowest BCUT2D eigenvalue weighted by Crippen LogP contribution is -2.41. The number of pyridine rings is 1. The minimum absolute atomic E-state index is 0.0935. The van der Waals surface area contributed by atoms with Crippen molar-refractivity contribution in [1.82, 2.24) is 9.29 Å². The molecular formula is C20H23N3O3S. The molecule has 3 rings (SSSR count). The number of nitrogens with zero attached hydrogens (tertiary/aromatic N) is 3. The number of sulfonamides is 1. The largest absolute Gasteiger partial charge is 0.477 e. The number of piperidine rings is 1. The Morgan fingerprint density at radius 1 is 1.30 bits per heavy atom. The molecule has 1 atom stereocenters. The Bertz CT molecular complexity index is 920. The summed E-state index contributed by atoms with van der Waals surface area (Å²) in [6.07, 6.45) is 4.11. The minimum Gasteiger partial charge on any atom is -0.477 e. The van der Waals surface area contributed by atoms with E-state index in [9.17, 15) is 8.42 Å². The van der Waals surface area contributed by atoms with Crippen molar-refractivity contribution in [2.75, 3.05) is 19.7 Å². The number of aromatic nitrogens is 1. The van der Waals surface area contributed by atoms with E-state index in [1.807, 2.05) is 19.1 Å². The van der Waals surface area contributed by atoms with Crippen LogP contribution in [-0.4, -0.2) is 37.4 Å². The first-order valence-corrected chi connectivity index (χ1v) is 10.5. The van der Waals surface area contributed by atoms with Gasteiger partial charge in [-0.15, -0.1) is 0 Å². The molecule has 6 nitrogen and oxygen atoms in total. The second kappa shape index (κ2) is 8.51. The molecule has 2 aromatic rings. The first-order chi connectivity index (χ1) is 13.0. The second-order valence-corrected chi connectivity index (χ2v) is 8.61. The van der Waals surface area contributed by atoms with Crippen LogP contribution in [0.2, 0.25) is 0 Å². The number of aryl methyl sites for hydroxylation is 1. The van der Waals surface area contributed by atoms with Crippen LogP contribution in [0.4, 0.5) is 0 Å². The monoisotopic (exact) mass is 385 g/mol. The molecule has 2 heterocycles. The van der Waals surface area contributed by atoms with Crippen molar-refractivity contribution in [1.29, 1.82) is 5.26 Å². The number of benzene rings is 1.